The lowest BCUT2D eigenvalue weighted by molar-refractivity contribution is 0.0987. The van der Waals surface area contributed by atoms with Gasteiger partial charge >= 0.3 is 0 Å². The van der Waals surface area contributed by atoms with Crippen LogP contribution >= 0.6 is 11.3 Å². The zero-order valence-corrected chi connectivity index (χ0v) is 9.03. The van der Waals surface area contributed by atoms with Crippen LogP contribution in [0.15, 0.2) is 18.7 Å². The van der Waals surface area contributed by atoms with Gasteiger partial charge in [-0.25, -0.2) is 0 Å². The van der Waals surface area contributed by atoms with Crippen LogP contribution in [0.2, 0.25) is 0 Å². The molecule has 2 rings (SSSR count). The summed E-state index contributed by atoms with van der Waals surface area (Å²) in [5, 5.41) is 0. The fourth-order valence-electron chi connectivity index (χ4n) is 1.82. The van der Waals surface area contributed by atoms with Crippen molar-refractivity contribution in [2.24, 2.45) is 0 Å². The second kappa shape index (κ2) is 4.09. The summed E-state index contributed by atoms with van der Waals surface area (Å²) in [6.07, 6.45) is 6.82. The third-order valence-electron chi connectivity index (χ3n) is 2.60. The normalized spacial score (nSPS) is 14.0. The van der Waals surface area contributed by atoms with Crippen LogP contribution in [0, 0.1) is 0 Å². The fraction of sp³-hybridized carbons (Fsp3) is 0.417. The number of aryl methyl sites for hydroxylation is 2. The highest BCUT2D eigenvalue weighted by molar-refractivity contribution is 7.14. The van der Waals surface area contributed by atoms with Gasteiger partial charge in [0.2, 0.25) is 0 Å². The summed E-state index contributed by atoms with van der Waals surface area (Å²) < 4.78 is 0. The van der Waals surface area contributed by atoms with Crippen LogP contribution in [0.1, 0.15) is 39.4 Å². The molecule has 1 nitrogen and oxygen atoms in total. The maximum atomic E-state index is 11.7. The Bertz CT molecular complexity index is 341. The van der Waals surface area contributed by atoms with Crippen LogP contribution in [-0.2, 0) is 12.8 Å². The van der Waals surface area contributed by atoms with Gasteiger partial charge in [-0.1, -0.05) is 6.08 Å². The molecule has 1 aliphatic carbocycles. The molecule has 0 fully saturated rings. The van der Waals surface area contributed by atoms with E-state index in [0.29, 0.717) is 6.42 Å². The molecule has 0 saturated carbocycles. The SMILES string of the molecule is C=CCCC(=O)c1cc2c(s1)CCC2. The summed E-state index contributed by atoms with van der Waals surface area (Å²) >= 11 is 1.70. The molecule has 0 atom stereocenters. The minimum Gasteiger partial charge on any atom is -0.293 e. The highest BCUT2D eigenvalue weighted by atomic mass is 32.1. The standard InChI is InChI=1S/C12H14OS/c1-2-3-6-10(13)12-8-9-5-4-7-11(9)14-12/h2,8H,1,3-7H2. The molecule has 0 saturated heterocycles. The Kier molecular flexibility index (Phi) is 2.82. The van der Waals surface area contributed by atoms with Crippen molar-refractivity contribution in [1.29, 1.82) is 0 Å². The minimum absolute atomic E-state index is 0.282. The predicted octanol–water partition coefficient (Wildman–Crippen LogP) is 3.39. The highest BCUT2D eigenvalue weighted by Crippen LogP contribution is 2.31. The van der Waals surface area contributed by atoms with Gasteiger partial charge in [-0.15, -0.1) is 17.9 Å². The van der Waals surface area contributed by atoms with E-state index in [2.05, 4.69) is 12.6 Å². The summed E-state index contributed by atoms with van der Waals surface area (Å²) in [5.74, 6) is 0.282. The topological polar surface area (TPSA) is 17.1 Å². The predicted molar refractivity (Wildman–Crippen MR) is 60.1 cm³/mol. The molecule has 0 unspecified atom stereocenters. The van der Waals surface area contributed by atoms with Crippen molar-refractivity contribution >= 4 is 17.1 Å². The van der Waals surface area contributed by atoms with Crippen molar-refractivity contribution in [2.75, 3.05) is 0 Å². The molecule has 14 heavy (non-hydrogen) atoms. The van der Waals surface area contributed by atoms with Gasteiger partial charge in [-0.05, 0) is 37.3 Å². The molecule has 0 amide bonds. The van der Waals surface area contributed by atoms with Gasteiger partial charge in [-0.2, -0.15) is 0 Å². The van der Waals surface area contributed by atoms with Crippen LogP contribution in [0.25, 0.3) is 0 Å². The van der Waals surface area contributed by atoms with E-state index in [9.17, 15) is 4.79 Å². The number of Topliss-reactive ketones (excluding diaryl/α,β-unsaturated/α-hetero) is 1. The summed E-state index contributed by atoms with van der Waals surface area (Å²) in [4.78, 5) is 14.1. The van der Waals surface area contributed by atoms with E-state index in [0.717, 1.165) is 11.3 Å². The van der Waals surface area contributed by atoms with Gasteiger partial charge < -0.3 is 0 Å². The molecule has 1 heterocycles. The third-order valence-corrected chi connectivity index (χ3v) is 3.88. The van der Waals surface area contributed by atoms with E-state index in [1.165, 1.54) is 29.7 Å². The van der Waals surface area contributed by atoms with Gasteiger partial charge in [0, 0.05) is 11.3 Å². The Morgan fingerprint density at radius 2 is 2.43 bits per heavy atom. The first-order valence-electron chi connectivity index (χ1n) is 5.07. The molecule has 1 aliphatic rings. The van der Waals surface area contributed by atoms with E-state index in [1.807, 2.05) is 0 Å². The molecule has 0 bridgehead atoms. The fourth-order valence-corrected chi connectivity index (χ4v) is 3.04. The van der Waals surface area contributed by atoms with Gasteiger partial charge in [0.1, 0.15) is 0 Å². The van der Waals surface area contributed by atoms with Gasteiger partial charge in [-0.3, -0.25) is 4.79 Å². The number of hydrogen-bond acceptors (Lipinski definition) is 2. The van der Waals surface area contributed by atoms with E-state index >= 15 is 0 Å². The van der Waals surface area contributed by atoms with Crippen molar-refractivity contribution in [1.82, 2.24) is 0 Å². The number of rotatable bonds is 4. The molecule has 1 aromatic rings. The van der Waals surface area contributed by atoms with E-state index < -0.39 is 0 Å². The number of hydrogen-bond donors (Lipinski definition) is 0. The number of carbonyl (C=O) groups excluding carboxylic acids is 1. The highest BCUT2D eigenvalue weighted by Gasteiger charge is 2.17. The van der Waals surface area contributed by atoms with Gasteiger partial charge in [0.15, 0.2) is 5.78 Å². The second-order valence-corrected chi connectivity index (χ2v) is 4.80. The lowest BCUT2D eigenvalue weighted by Crippen LogP contribution is -1.94. The Hall–Kier alpha value is -0.890. The number of fused-ring (bicyclic) bond motifs is 1. The summed E-state index contributed by atoms with van der Waals surface area (Å²) in [6.45, 7) is 3.63. The van der Waals surface area contributed by atoms with E-state index in [1.54, 1.807) is 17.4 Å². The average Bonchev–Trinajstić information content (AvgIpc) is 2.72. The van der Waals surface area contributed by atoms with Gasteiger partial charge in [0.25, 0.3) is 0 Å². The summed E-state index contributed by atoms with van der Waals surface area (Å²) in [5.41, 5.74) is 1.41. The maximum Gasteiger partial charge on any atom is 0.173 e. The van der Waals surface area contributed by atoms with E-state index in [4.69, 9.17) is 0 Å². The van der Waals surface area contributed by atoms with Crippen LogP contribution in [-0.4, -0.2) is 5.78 Å². The van der Waals surface area contributed by atoms with E-state index in [-0.39, 0.29) is 5.78 Å². The Balaban J connectivity index is 2.09. The third kappa shape index (κ3) is 1.80. The minimum atomic E-state index is 0.282. The number of ketones is 1. The lowest BCUT2D eigenvalue weighted by atomic mass is 10.1. The van der Waals surface area contributed by atoms with Crippen LogP contribution in [0.3, 0.4) is 0 Å². The second-order valence-electron chi connectivity index (χ2n) is 3.66. The molecule has 1 aromatic heterocycles. The number of allylic oxidation sites excluding steroid dienone is 1. The molecule has 0 N–H and O–H groups in total. The first-order chi connectivity index (χ1) is 6.81. The Labute approximate surface area is 88.5 Å². The van der Waals surface area contributed by atoms with Crippen LogP contribution < -0.4 is 0 Å². The molecule has 0 radical (unpaired) electrons. The number of thiophene rings is 1. The maximum absolute atomic E-state index is 11.7. The van der Waals surface area contributed by atoms with Crippen molar-refractivity contribution < 1.29 is 4.79 Å². The van der Waals surface area contributed by atoms with Crippen molar-refractivity contribution in [3.05, 3.63) is 34.0 Å². The monoisotopic (exact) mass is 206 g/mol. The smallest absolute Gasteiger partial charge is 0.173 e. The zero-order chi connectivity index (χ0) is 9.97. The van der Waals surface area contributed by atoms with Crippen LogP contribution in [0.5, 0.6) is 0 Å². The quantitative estimate of drug-likeness (QED) is 0.545. The Morgan fingerprint density at radius 3 is 3.14 bits per heavy atom. The molecular formula is C12H14OS. The lowest BCUT2D eigenvalue weighted by Gasteiger charge is -1.93. The molecular weight excluding hydrogens is 192 g/mol. The average molecular weight is 206 g/mol. The van der Waals surface area contributed by atoms with Crippen molar-refractivity contribution in [2.45, 2.75) is 32.1 Å². The largest absolute Gasteiger partial charge is 0.293 e. The summed E-state index contributed by atoms with van der Waals surface area (Å²) in [7, 11) is 0. The number of carbonyl (C=O) groups is 1. The molecule has 0 spiro atoms. The van der Waals surface area contributed by atoms with Crippen molar-refractivity contribution in [3.8, 4) is 0 Å². The first kappa shape index (κ1) is 9.66. The molecule has 0 aliphatic heterocycles. The van der Waals surface area contributed by atoms with Crippen LogP contribution in [0.4, 0.5) is 0 Å². The molecule has 0 aromatic carbocycles. The Morgan fingerprint density at radius 1 is 1.57 bits per heavy atom. The van der Waals surface area contributed by atoms with Crippen molar-refractivity contribution in [3.63, 3.8) is 0 Å². The first-order valence-corrected chi connectivity index (χ1v) is 5.88. The van der Waals surface area contributed by atoms with Gasteiger partial charge in [0.05, 0.1) is 4.88 Å². The molecule has 2 heteroatoms. The summed E-state index contributed by atoms with van der Waals surface area (Å²) in [6, 6.07) is 2.10. The zero-order valence-electron chi connectivity index (χ0n) is 8.21. The molecule has 74 valence electrons.